The van der Waals surface area contributed by atoms with E-state index in [-0.39, 0.29) is 17.5 Å². The maximum atomic E-state index is 11.5. The van der Waals surface area contributed by atoms with Crippen LogP contribution >= 0.6 is 31.9 Å². The Hall–Kier alpha value is 0.0200. The maximum absolute atomic E-state index is 11.5. The molecule has 0 radical (unpaired) electrons. The molecule has 0 spiro atoms. The fourth-order valence-corrected chi connectivity index (χ4v) is 4.07. The normalized spacial score (nSPS) is 13.4. The van der Waals surface area contributed by atoms with Crippen molar-refractivity contribution in [3.63, 3.8) is 0 Å². The minimum atomic E-state index is -2.90. The second-order valence-electron chi connectivity index (χ2n) is 4.51. The number of nitrogens with zero attached hydrogens (tertiary/aromatic N) is 1. The van der Waals surface area contributed by atoms with Gasteiger partial charge in [0, 0.05) is 20.9 Å². The van der Waals surface area contributed by atoms with Gasteiger partial charge in [0.2, 0.25) is 0 Å². The highest BCUT2D eigenvalue weighted by atomic mass is 79.9. The summed E-state index contributed by atoms with van der Waals surface area (Å²) in [5.74, 6) is 0.443. The van der Waals surface area contributed by atoms with E-state index in [1.165, 1.54) is 0 Å². The summed E-state index contributed by atoms with van der Waals surface area (Å²) in [5, 5.41) is 3.36. The van der Waals surface area contributed by atoms with Gasteiger partial charge in [-0.3, -0.25) is 4.98 Å². The van der Waals surface area contributed by atoms with Gasteiger partial charge in [-0.2, -0.15) is 0 Å². The first-order valence-corrected chi connectivity index (χ1v) is 10.0. The summed E-state index contributed by atoms with van der Waals surface area (Å²) in [6, 6.07) is 2.02. The predicted octanol–water partition coefficient (Wildman–Crippen LogP) is 3.47. The molecule has 1 aromatic heterocycles. The van der Waals surface area contributed by atoms with Crippen LogP contribution in [0.15, 0.2) is 21.2 Å². The van der Waals surface area contributed by atoms with Crippen LogP contribution in [0.2, 0.25) is 0 Å². The van der Waals surface area contributed by atoms with E-state index in [9.17, 15) is 8.42 Å². The third kappa shape index (κ3) is 5.79. The van der Waals surface area contributed by atoms with Crippen molar-refractivity contribution in [3.05, 3.63) is 26.9 Å². The van der Waals surface area contributed by atoms with Gasteiger partial charge in [-0.15, -0.1) is 0 Å². The van der Waals surface area contributed by atoms with Crippen molar-refractivity contribution >= 4 is 41.7 Å². The summed E-state index contributed by atoms with van der Waals surface area (Å²) in [4.78, 5) is 4.43. The van der Waals surface area contributed by atoms with E-state index >= 15 is 0 Å². The first-order chi connectivity index (χ1) is 9.39. The van der Waals surface area contributed by atoms with E-state index in [0.717, 1.165) is 27.6 Å². The van der Waals surface area contributed by atoms with E-state index in [1.807, 2.05) is 13.0 Å². The second-order valence-corrected chi connectivity index (χ2v) is 8.75. The molecular formula is C13H20Br2N2O2S. The number of pyridine rings is 1. The molecule has 7 heteroatoms. The molecule has 0 aliphatic rings. The molecule has 4 nitrogen and oxygen atoms in total. The molecule has 0 aromatic carbocycles. The average molecular weight is 428 g/mol. The minimum Gasteiger partial charge on any atom is -0.309 e. The summed E-state index contributed by atoms with van der Waals surface area (Å²) in [6.07, 6.45) is 3.14. The Morgan fingerprint density at radius 3 is 2.60 bits per heavy atom. The lowest BCUT2D eigenvalue weighted by molar-refractivity contribution is 0.494. The predicted molar refractivity (Wildman–Crippen MR) is 89.6 cm³/mol. The standard InChI is InChI=1S/C13H20Br2N2O2S/c1-3-16-12(6-5-7-20(18,19)4-2)13-11(15)8-10(14)9-17-13/h8-9,12,16H,3-7H2,1-2H3. The molecule has 0 amide bonds. The molecule has 0 saturated heterocycles. The van der Waals surface area contributed by atoms with Gasteiger partial charge in [-0.25, -0.2) is 8.42 Å². The van der Waals surface area contributed by atoms with Crippen LogP contribution in [0.25, 0.3) is 0 Å². The Morgan fingerprint density at radius 1 is 1.35 bits per heavy atom. The smallest absolute Gasteiger partial charge is 0.150 e. The second kappa shape index (κ2) is 8.46. The third-order valence-electron chi connectivity index (χ3n) is 3.00. The summed E-state index contributed by atoms with van der Waals surface area (Å²) < 4.78 is 24.9. The number of sulfone groups is 1. The molecule has 1 N–H and O–H groups in total. The van der Waals surface area contributed by atoms with E-state index < -0.39 is 9.84 Å². The minimum absolute atomic E-state index is 0.0644. The fraction of sp³-hybridized carbons (Fsp3) is 0.615. The van der Waals surface area contributed by atoms with Crippen LogP contribution in [-0.2, 0) is 9.84 Å². The van der Waals surface area contributed by atoms with Crippen LogP contribution < -0.4 is 5.32 Å². The van der Waals surface area contributed by atoms with Gasteiger partial charge in [-0.05, 0) is 57.3 Å². The fourth-order valence-electron chi connectivity index (χ4n) is 1.92. The van der Waals surface area contributed by atoms with E-state index in [4.69, 9.17) is 0 Å². The summed E-state index contributed by atoms with van der Waals surface area (Å²) in [7, 11) is -2.90. The largest absolute Gasteiger partial charge is 0.309 e. The summed E-state index contributed by atoms with van der Waals surface area (Å²) in [6.45, 7) is 4.53. The first-order valence-electron chi connectivity index (χ1n) is 6.64. The monoisotopic (exact) mass is 426 g/mol. The molecule has 0 bridgehead atoms. The number of halogens is 2. The Labute approximate surface area is 137 Å². The van der Waals surface area contributed by atoms with Crippen LogP contribution in [-0.4, -0.2) is 31.5 Å². The van der Waals surface area contributed by atoms with E-state index in [1.54, 1.807) is 13.1 Å². The molecule has 114 valence electrons. The Bertz CT molecular complexity index is 535. The molecule has 20 heavy (non-hydrogen) atoms. The molecule has 1 rings (SSSR count). The van der Waals surface area contributed by atoms with Crippen molar-refractivity contribution in [1.82, 2.24) is 10.3 Å². The van der Waals surface area contributed by atoms with Crippen molar-refractivity contribution < 1.29 is 8.42 Å². The molecule has 1 aromatic rings. The molecule has 1 atom stereocenters. The number of hydrogen-bond donors (Lipinski definition) is 1. The number of hydrogen-bond acceptors (Lipinski definition) is 4. The molecule has 1 heterocycles. The van der Waals surface area contributed by atoms with Gasteiger partial charge in [0.1, 0.15) is 9.84 Å². The Balaban J connectivity index is 2.74. The van der Waals surface area contributed by atoms with Crippen LogP contribution in [0.3, 0.4) is 0 Å². The highest BCUT2D eigenvalue weighted by Crippen LogP contribution is 2.27. The maximum Gasteiger partial charge on any atom is 0.150 e. The van der Waals surface area contributed by atoms with Gasteiger partial charge in [-0.1, -0.05) is 13.8 Å². The molecule has 0 aliphatic carbocycles. The zero-order valence-corrected chi connectivity index (χ0v) is 15.7. The number of rotatable bonds is 8. The topological polar surface area (TPSA) is 59.1 Å². The molecule has 0 aliphatic heterocycles. The highest BCUT2D eigenvalue weighted by Gasteiger charge is 2.17. The molecule has 0 saturated carbocycles. The van der Waals surface area contributed by atoms with Crippen molar-refractivity contribution in [2.24, 2.45) is 0 Å². The van der Waals surface area contributed by atoms with Crippen molar-refractivity contribution in [2.75, 3.05) is 18.1 Å². The molecule has 1 unspecified atom stereocenters. The summed E-state index contributed by atoms with van der Waals surface area (Å²) >= 11 is 6.89. The van der Waals surface area contributed by atoms with Gasteiger partial charge < -0.3 is 5.32 Å². The Morgan fingerprint density at radius 2 is 2.05 bits per heavy atom. The van der Waals surface area contributed by atoms with Crippen LogP contribution in [0.5, 0.6) is 0 Å². The van der Waals surface area contributed by atoms with Gasteiger partial charge >= 0.3 is 0 Å². The van der Waals surface area contributed by atoms with E-state index in [0.29, 0.717) is 6.42 Å². The lowest BCUT2D eigenvalue weighted by Crippen LogP contribution is -2.23. The van der Waals surface area contributed by atoms with Crippen LogP contribution in [0, 0.1) is 0 Å². The van der Waals surface area contributed by atoms with Crippen molar-refractivity contribution in [1.29, 1.82) is 0 Å². The van der Waals surface area contributed by atoms with Gasteiger partial charge in [0.05, 0.1) is 17.5 Å². The number of nitrogens with one attached hydrogen (secondary N) is 1. The lowest BCUT2D eigenvalue weighted by Gasteiger charge is -2.18. The van der Waals surface area contributed by atoms with Crippen molar-refractivity contribution in [2.45, 2.75) is 32.7 Å². The lowest BCUT2D eigenvalue weighted by atomic mass is 10.1. The van der Waals surface area contributed by atoms with Crippen molar-refractivity contribution in [3.8, 4) is 0 Å². The zero-order valence-electron chi connectivity index (χ0n) is 11.7. The third-order valence-corrected chi connectivity index (χ3v) is 5.86. The van der Waals surface area contributed by atoms with Crippen LogP contribution in [0.1, 0.15) is 38.4 Å². The quantitative estimate of drug-likeness (QED) is 0.689. The average Bonchev–Trinajstić information content (AvgIpc) is 2.38. The molecule has 0 fully saturated rings. The summed E-state index contributed by atoms with van der Waals surface area (Å²) in [5.41, 5.74) is 0.920. The van der Waals surface area contributed by atoms with E-state index in [2.05, 4.69) is 42.2 Å². The van der Waals surface area contributed by atoms with Gasteiger partial charge in [0.15, 0.2) is 0 Å². The SMILES string of the molecule is CCNC(CCCS(=O)(=O)CC)c1ncc(Br)cc1Br. The van der Waals surface area contributed by atoms with Gasteiger partial charge in [0.25, 0.3) is 0 Å². The Kier molecular flexibility index (Phi) is 7.64. The zero-order chi connectivity index (χ0) is 15.2. The van der Waals surface area contributed by atoms with Crippen LogP contribution in [0.4, 0.5) is 0 Å². The number of aromatic nitrogens is 1. The first kappa shape index (κ1) is 18.1. The highest BCUT2D eigenvalue weighted by molar-refractivity contribution is 9.11. The molecular weight excluding hydrogens is 408 g/mol.